The minimum absolute atomic E-state index is 0.0588. The number of phenolic OH excluding ortho intramolecular Hbond substituents is 1. The van der Waals surface area contributed by atoms with Gasteiger partial charge in [-0.2, -0.15) is 0 Å². The SMILES string of the molecule is CC(C)n1c(-c2cc(C(C)(C)C)cc(C(C)(C)C)c2O)nc2c(-c3cc(-c4ccccn4)cc(C(C)(C)C)c3)ccnc21. The molecule has 0 unspecified atom stereocenters. The van der Waals surface area contributed by atoms with Crippen molar-refractivity contribution >= 4 is 11.2 Å². The fraction of sp³-hybridized carbons (Fsp3) is 0.395. The second kappa shape index (κ2) is 10.6. The highest BCUT2D eigenvalue weighted by Crippen LogP contribution is 2.44. The molecule has 43 heavy (non-hydrogen) atoms. The Labute approximate surface area is 257 Å². The van der Waals surface area contributed by atoms with Gasteiger partial charge in [-0.25, -0.2) is 9.97 Å². The molecule has 0 aliphatic rings. The molecule has 0 bridgehead atoms. The quantitative estimate of drug-likeness (QED) is 0.232. The Morgan fingerprint density at radius 3 is 1.91 bits per heavy atom. The van der Waals surface area contributed by atoms with Gasteiger partial charge in [-0.3, -0.25) is 4.98 Å². The van der Waals surface area contributed by atoms with Crippen molar-refractivity contribution in [2.24, 2.45) is 0 Å². The van der Waals surface area contributed by atoms with E-state index in [9.17, 15) is 5.11 Å². The van der Waals surface area contributed by atoms with E-state index in [1.54, 1.807) is 0 Å². The zero-order valence-electron chi connectivity index (χ0n) is 27.7. The fourth-order valence-corrected chi connectivity index (χ4v) is 5.61. The third-order valence-electron chi connectivity index (χ3n) is 8.19. The van der Waals surface area contributed by atoms with Gasteiger partial charge in [0.25, 0.3) is 0 Å². The Morgan fingerprint density at radius 2 is 1.33 bits per heavy atom. The smallest absolute Gasteiger partial charge is 0.161 e. The van der Waals surface area contributed by atoms with E-state index in [4.69, 9.17) is 9.97 Å². The Balaban J connectivity index is 1.84. The number of pyridine rings is 2. The summed E-state index contributed by atoms with van der Waals surface area (Å²) in [5.74, 6) is 1.02. The number of benzene rings is 2. The molecule has 1 N–H and O–H groups in total. The monoisotopic (exact) mass is 574 g/mol. The number of rotatable bonds is 4. The van der Waals surface area contributed by atoms with E-state index in [2.05, 4.69) is 128 Å². The van der Waals surface area contributed by atoms with Gasteiger partial charge in [0.15, 0.2) is 5.65 Å². The van der Waals surface area contributed by atoms with E-state index >= 15 is 0 Å². The molecular formula is C38H46N4O. The van der Waals surface area contributed by atoms with Gasteiger partial charge in [0.05, 0.1) is 11.3 Å². The Kier molecular flexibility index (Phi) is 7.53. The van der Waals surface area contributed by atoms with Crippen molar-refractivity contribution in [2.75, 3.05) is 0 Å². The summed E-state index contributed by atoms with van der Waals surface area (Å²) in [6.45, 7) is 24.1. The maximum atomic E-state index is 11.8. The van der Waals surface area contributed by atoms with Crippen LogP contribution in [0.5, 0.6) is 5.75 Å². The standard InChI is InChI=1S/C38H46N4O/c1-23(2)42-34(29-21-27(37(6,7)8)22-30(33(29)43)38(9,10)11)41-32-28(15-17-40-35(32)42)24-18-25(31-14-12-13-16-39-31)20-26(19-24)36(3,4)5/h12-23,43H,1-11H3. The van der Waals surface area contributed by atoms with E-state index in [1.165, 1.54) is 11.1 Å². The highest BCUT2D eigenvalue weighted by molar-refractivity contribution is 5.93. The van der Waals surface area contributed by atoms with Crippen LogP contribution in [0.15, 0.2) is 67.0 Å². The van der Waals surface area contributed by atoms with Gasteiger partial charge in [0, 0.05) is 35.1 Å². The first-order valence-electron chi connectivity index (χ1n) is 15.3. The minimum atomic E-state index is -0.243. The van der Waals surface area contributed by atoms with E-state index in [-0.39, 0.29) is 28.0 Å². The van der Waals surface area contributed by atoms with E-state index in [0.717, 1.165) is 50.5 Å². The molecule has 0 saturated heterocycles. The Morgan fingerprint density at radius 1 is 0.674 bits per heavy atom. The molecule has 0 amide bonds. The summed E-state index contributed by atoms with van der Waals surface area (Å²) in [5, 5.41) is 11.8. The van der Waals surface area contributed by atoms with Gasteiger partial charge in [0.1, 0.15) is 17.1 Å². The highest BCUT2D eigenvalue weighted by Gasteiger charge is 2.29. The lowest BCUT2D eigenvalue weighted by atomic mass is 9.79. The van der Waals surface area contributed by atoms with Crippen LogP contribution in [-0.4, -0.2) is 24.6 Å². The van der Waals surface area contributed by atoms with Crippen molar-refractivity contribution in [1.29, 1.82) is 0 Å². The minimum Gasteiger partial charge on any atom is -0.507 e. The van der Waals surface area contributed by atoms with Crippen LogP contribution in [0, 0.1) is 0 Å². The Bertz CT molecular complexity index is 1790. The van der Waals surface area contributed by atoms with Gasteiger partial charge >= 0.3 is 0 Å². The van der Waals surface area contributed by atoms with E-state index in [0.29, 0.717) is 0 Å². The van der Waals surface area contributed by atoms with Gasteiger partial charge in [-0.05, 0) is 83.2 Å². The van der Waals surface area contributed by atoms with E-state index < -0.39 is 0 Å². The molecular weight excluding hydrogens is 528 g/mol. The molecule has 0 fully saturated rings. The molecule has 0 saturated carbocycles. The third kappa shape index (κ3) is 5.82. The normalized spacial score (nSPS) is 12.8. The predicted octanol–water partition coefficient (Wildman–Crippen LogP) is 10.0. The van der Waals surface area contributed by atoms with Crippen LogP contribution in [-0.2, 0) is 16.2 Å². The molecule has 0 atom stereocenters. The number of phenols is 1. The van der Waals surface area contributed by atoms with Crippen molar-refractivity contribution in [1.82, 2.24) is 19.5 Å². The van der Waals surface area contributed by atoms with Crippen LogP contribution in [0.3, 0.4) is 0 Å². The first-order chi connectivity index (χ1) is 20.0. The topological polar surface area (TPSA) is 63.8 Å². The van der Waals surface area contributed by atoms with Crippen molar-refractivity contribution in [3.63, 3.8) is 0 Å². The lowest BCUT2D eigenvalue weighted by Crippen LogP contribution is -2.17. The van der Waals surface area contributed by atoms with Crippen molar-refractivity contribution < 1.29 is 5.11 Å². The molecule has 0 aliphatic carbocycles. The largest absolute Gasteiger partial charge is 0.507 e. The summed E-state index contributed by atoms with van der Waals surface area (Å²) >= 11 is 0. The molecule has 5 aromatic rings. The molecule has 3 aromatic heterocycles. The first kappa shape index (κ1) is 30.5. The van der Waals surface area contributed by atoms with Gasteiger partial charge in [-0.15, -0.1) is 0 Å². The van der Waals surface area contributed by atoms with Crippen LogP contribution < -0.4 is 0 Å². The molecule has 3 heterocycles. The van der Waals surface area contributed by atoms with Crippen LogP contribution in [0.25, 0.3) is 44.9 Å². The highest BCUT2D eigenvalue weighted by atomic mass is 16.3. The van der Waals surface area contributed by atoms with Gasteiger partial charge in [-0.1, -0.05) is 80.5 Å². The number of hydrogen-bond donors (Lipinski definition) is 1. The molecule has 0 radical (unpaired) electrons. The zero-order valence-corrected chi connectivity index (χ0v) is 27.7. The van der Waals surface area contributed by atoms with Gasteiger partial charge < -0.3 is 9.67 Å². The number of aromatic nitrogens is 4. The predicted molar refractivity (Wildman–Crippen MR) is 180 cm³/mol. The fourth-order valence-electron chi connectivity index (χ4n) is 5.61. The summed E-state index contributed by atoms with van der Waals surface area (Å²) in [6, 6.07) is 19.1. The maximum absolute atomic E-state index is 11.8. The lowest BCUT2D eigenvalue weighted by molar-refractivity contribution is 0.445. The van der Waals surface area contributed by atoms with Crippen molar-refractivity contribution in [3.8, 4) is 39.5 Å². The average molecular weight is 575 g/mol. The van der Waals surface area contributed by atoms with Crippen LogP contribution >= 0.6 is 0 Å². The number of hydrogen-bond acceptors (Lipinski definition) is 4. The van der Waals surface area contributed by atoms with Crippen LogP contribution in [0.1, 0.15) is 98.9 Å². The van der Waals surface area contributed by atoms with E-state index in [1.807, 2.05) is 24.5 Å². The lowest BCUT2D eigenvalue weighted by Gasteiger charge is -2.27. The summed E-state index contributed by atoms with van der Waals surface area (Å²) in [4.78, 5) is 14.8. The molecule has 2 aromatic carbocycles. The number of nitrogens with zero attached hydrogens (tertiary/aromatic N) is 4. The van der Waals surface area contributed by atoms with Crippen molar-refractivity contribution in [2.45, 2.75) is 98.4 Å². The number of fused-ring (bicyclic) bond motifs is 1. The van der Waals surface area contributed by atoms with Crippen molar-refractivity contribution in [3.05, 3.63) is 83.7 Å². The summed E-state index contributed by atoms with van der Waals surface area (Å²) < 4.78 is 2.17. The van der Waals surface area contributed by atoms with Crippen LogP contribution in [0.4, 0.5) is 0 Å². The number of aromatic hydroxyl groups is 1. The average Bonchev–Trinajstić information content (AvgIpc) is 3.31. The molecule has 224 valence electrons. The molecule has 5 heteroatoms. The molecule has 5 nitrogen and oxygen atoms in total. The summed E-state index contributed by atoms with van der Waals surface area (Å²) in [7, 11) is 0. The first-order valence-corrected chi connectivity index (χ1v) is 15.3. The summed E-state index contributed by atoms with van der Waals surface area (Å²) in [6.07, 6.45) is 3.71. The Hall–Kier alpha value is -3.99. The zero-order chi connectivity index (χ0) is 31.5. The maximum Gasteiger partial charge on any atom is 0.161 e. The second-order valence-corrected chi connectivity index (χ2v) is 15.1. The number of imidazole rings is 1. The van der Waals surface area contributed by atoms with Crippen LogP contribution in [0.2, 0.25) is 0 Å². The van der Waals surface area contributed by atoms with Gasteiger partial charge in [0.2, 0.25) is 0 Å². The second-order valence-electron chi connectivity index (χ2n) is 15.1. The molecule has 0 aliphatic heterocycles. The molecule has 0 spiro atoms. The summed E-state index contributed by atoms with van der Waals surface area (Å²) in [5.41, 5.74) is 9.37. The third-order valence-corrected chi connectivity index (χ3v) is 8.19. The molecule has 5 rings (SSSR count).